The summed E-state index contributed by atoms with van der Waals surface area (Å²) in [4.78, 5) is 20.0. The van der Waals surface area contributed by atoms with E-state index in [0.717, 1.165) is 35.6 Å². The van der Waals surface area contributed by atoms with Crippen molar-refractivity contribution >= 4 is 27.5 Å². The Hall–Kier alpha value is -3.19. The molecule has 2 aromatic carbocycles. The fourth-order valence-corrected chi connectivity index (χ4v) is 5.04. The molecule has 1 aliphatic heterocycles. The maximum absolute atomic E-state index is 13.3. The van der Waals surface area contributed by atoms with Crippen molar-refractivity contribution in [1.82, 2.24) is 19.7 Å². The summed E-state index contributed by atoms with van der Waals surface area (Å²) in [5, 5.41) is 5.65. The molecule has 1 fully saturated rings. The van der Waals surface area contributed by atoms with E-state index in [1.807, 2.05) is 53.4 Å². The van der Waals surface area contributed by atoms with Crippen LogP contribution in [0.2, 0.25) is 0 Å². The Labute approximate surface area is 178 Å². The highest BCUT2D eigenvalue weighted by Crippen LogP contribution is 2.34. The monoisotopic (exact) mass is 418 g/mol. The van der Waals surface area contributed by atoms with Crippen molar-refractivity contribution < 1.29 is 9.53 Å². The number of piperidine rings is 1. The van der Waals surface area contributed by atoms with E-state index >= 15 is 0 Å². The fraction of sp³-hybridized carbons (Fsp3) is 0.261. The number of fused-ring (bicyclic) bond motifs is 1. The van der Waals surface area contributed by atoms with Gasteiger partial charge in [0.2, 0.25) is 0 Å². The summed E-state index contributed by atoms with van der Waals surface area (Å²) in [7, 11) is 1.57. The van der Waals surface area contributed by atoms with Crippen LogP contribution in [0.25, 0.3) is 15.9 Å². The van der Waals surface area contributed by atoms with E-state index in [0.29, 0.717) is 18.0 Å². The van der Waals surface area contributed by atoms with Crippen LogP contribution < -0.4 is 4.74 Å². The molecule has 0 aliphatic carbocycles. The molecule has 3 heterocycles. The zero-order valence-corrected chi connectivity index (χ0v) is 17.5. The lowest BCUT2D eigenvalue weighted by atomic mass is 9.98. The molecule has 1 atom stereocenters. The predicted octanol–water partition coefficient (Wildman–Crippen LogP) is 4.51. The molecule has 7 heteroatoms. The maximum Gasteiger partial charge on any atom is 0.278 e. The summed E-state index contributed by atoms with van der Waals surface area (Å²) in [6.07, 6.45) is 3.75. The molecule has 1 amide bonds. The van der Waals surface area contributed by atoms with Crippen LogP contribution >= 0.6 is 11.3 Å². The van der Waals surface area contributed by atoms with Crippen molar-refractivity contribution in [3.8, 4) is 11.4 Å². The van der Waals surface area contributed by atoms with E-state index in [4.69, 9.17) is 9.72 Å². The number of para-hydroxylation sites is 2. The summed E-state index contributed by atoms with van der Waals surface area (Å²) in [5.74, 6) is 0.653. The quantitative estimate of drug-likeness (QED) is 0.489. The van der Waals surface area contributed by atoms with Crippen LogP contribution in [-0.2, 0) is 0 Å². The number of nitrogens with zero attached hydrogens (tertiary/aromatic N) is 4. The standard InChI is InChI=1S/C23H22N4O2S/c1-29-19-15-27(17-9-3-2-4-10-17)25-21(19)23(28)26-13-7-8-16(14-26)22-24-18-11-5-6-12-20(18)30-22/h2-6,9-12,15-16H,7-8,13-14H2,1H3. The number of carbonyl (C=O) groups is 1. The van der Waals surface area contributed by atoms with E-state index in [-0.39, 0.29) is 11.8 Å². The first kappa shape index (κ1) is 18.8. The van der Waals surface area contributed by atoms with Crippen LogP contribution in [0.15, 0.2) is 60.8 Å². The summed E-state index contributed by atoms with van der Waals surface area (Å²) < 4.78 is 8.36. The molecule has 0 N–H and O–H groups in total. The van der Waals surface area contributed by atoms with Gasteiger partial charge >= 0.3 is 0 Å². The third-order valence-electron chi connectivity index (χ3n) is 5.49. The Morgan fingerprint density at radius 3 is 2.73 bits per heavy atom. The molecule has 6 nitrogen and oxygen atoms in total. The number of methoxy groups -OCH3 is 1. The largest absolute Gasteiger partial charge is 0.493 e. The lowest BCUT2D eigenvalue weighted by molar-refractivity contribution is 0.0697. The SMILES string of the molecule is COc1cn(-c2ccccc2)nc1C(=O)N1CCCC(c2nc3ccccc3s2)C1. The van der Waals surface area contributed by atoms with E-state index in [2.05, 4.69) is 11.2 Å². The molecular formula is C23H22N4O2S. The Morgan fingerprint density at radius 1 is 1.13 bits per heavy atom. The van der Waals surface area contributed by atoms with Gasteiger partial charge in [-0.1, -0.05) is 30.3 Å². The van der Waals surface area contributed by atoms with Crippen molar-refractivity contribution in [2.75, 3.05) is 20.2 Å². The molecule has 0 spiro atoms. The highest BCUT2D eigenvalue weighted by molar-refractivity contribution is 7.18. The minimum Gasteiger partial charge on any atom is -0.493 e. The molecular weight excluding hydrogens is 396 g/mol. The first-order valence-corrected chi connectivity index (χ1v) is 10.9. The van der Waals surface area contributed by atoms with Crippen molar-refractivity contribution in [1.29, 1.82) is 0 Å². The third-order valence-corrected chi connectivity index (χ3v) is 6.69. The molecule has 30 heavy (non-hydrogen) atoms. The number of rotatable bonds is 4. The number of thiazole rings is 1. The van der Waals surface area contributed by atoms with Gasteiger partial charge in [-0.25, -0.2) is 9.67 Å². The smallest absolute Gasteiger partial charge is 0.278 e. The lowest BCUT2D eigenvalue weighted by Gasteiger charge is -2.31. The van der Waals surface area contributed by atoms with Gasteiger partial charge in [-0.05, 0) is 37.1 Å². The number of hydrogen-bond acceptors (Lipinski definition) is 5. The van der Waals surface area contributed by atoms with E-state index in [1.54, 1.807) is 29.3 Å². The van der Waals surface area contributed by atoms with E-state index < -0.39 is 0 Å². The predicted molar refractivity (Wildman–Crippen MR) is 118 cm³/mol. The molecule has 1 aliphatic rings. The molecule has 2 aromatic heterocycles. The Kier molecular flexibility index (Phi) is 4.96. The number of benzene rings is 2. The van der Waals surface area contributed by atoms with Gasteiger partial charge in [-0.15, -0.1) is 11.3 Å². The lowest BCUT2D eigenvalue weighted by Crippen LogP contribution is -2.39. The number of hydrogen-bond donors (Lipinski definition) is 0. The Bertz CT molecular complexity index is 1150. The Balaban J connectivity index is 1.40. The minimum absolute atomic E-state index is 0.0904. The molecule has 0 saturated carbocycles. The van der Waals surface area contributed by atoms with Crippen molar-refractivity contribution in [2.24, 2.45) is 0 Å². The number of carbonyl (C=O) groups excluding carboxylic acids is 1. The van der Waals surface area contributed by atoms with Gasteiger partial charge in [0.15, 0.2) is 11.4 Å². The van der Waals surface area contributed by atoms with Crippen LogP contribution in [0, 0.1) is 0 Å². The zero-order chi connectivity index (χ0) is 20.5. The molecule has 152 valence electrons. The second-order valence-electron chi connectivity index (χ2n) is 7.44. The second-order valence-corrected chi connectivity index (χ2v) is 8.50. The van der Waals surface area contributed by atoms with Gasteiger partial charge in [-0.2, -0.15) is 5.10 Å². The molecule has 1 unspecified atom stereocenters. The third kappa shape index (κ3) is 3.45. The Morgan fingerprint density at radius 2 is 1.93 bits per heavy atom. The molecule has 0 bridgehead atoms. The maximum atomic E-state index is 13.3. The van der Waals surface area contributed by atoms with Crippen molar-refractivity contribution in [2.45, 2.75) is 18.8 Å². The molecule has 4 aromatic rings. The second kappa shape index (κ2) is 7.91. The number of likely N-dealkylation sites (tertiary alicyclic amines) is 1. The highest BCUT2D eigenvalue weighted by atomic mass is 32.1. The average Bonchev–Trinajstić information content (AvgIpc) is 3.44. The van der Waals surface area contributed by atoms with Gasteiger partial charge in [0.25, 0.3) is 5.91 Å². The van der Waals surface area contributed by atoms with Gasteiger partial charge in [-0.3, -0.25) is 4.79 Å². The number of aromatic nitrogens is 3. The summed E-state index contributed by atoms with van der Waals surface area (Å²) in [6.45, 7) is 1.38. The summed E-state index contributed by atoms with van der Waals surface area (Å²) >= 11 is 1.73. The van der Waals surface area contributed by atoms with Crippen LogP contribution in [0.5, 0.6) is 5.75 Å². The van der Waals surface area contributed by atoms with Gasteiger partial charge < -0.3 is 9.64 Å². The number of amides is 1. The summed E-state index contributed by atoms with van der Waals surface area (Å²) in [6, 6.07) is 17.9. The van der Waals surface area contributed by atoms with Gasteiger partial charge in [0, 0.05) is 19.0 Å². The van der Waals surface area contributed by atoms with Crippen LogP contribution in [0.4, 0.5) is 0 Å². The molecule has 0 radical (unpaired) electrons. The average molecular weight is 419 g/mol. The first-order chi connectivity index (χ1) is 14.7. The topological polar surface area (TPSA) is 60.3 Å². The van der Waals surface area contributed by atoms with Crippen LogP contribution in [-0.4, -0.2) is 45.8 Å². The zero-order valence-electron chi connectivity index (χ0n) is 16.7. The van der Waals surface area contributed by atoms with Crippen LogP contribution in [0.3, 0.4) is 0 Å². The molecule has 1 saturated heterocycles. The fourth-order valence-electron chi connectivity index (χ4n) is 3.95. The van der Waals surface area contributed by atoms with Gasteiger partial charge in [0.1, 0.15) is 0 Å². The van der Waals surface area contributed by atoms with Crippen molar-refractivity contribution in [3.63, 3.8) is 0 Å². The molecule has 5 rings (SSSR count). The minimum atomic E-state index is -0.0904. The van der Waals surface area contributed by atoms with E-state index in [1.165, 1.54) is 4.70 Å². The first-order valence-electron chi connectivity index (χ1n) is 10.1. The number of ether oxygens (including phenoxy) is 1. The summed E-state index contributed by atoms with van der Waals surface area (Å²) in [5.41, 5.74) is 2.27. The highest BCUT2D eigenvalue weighted by Gasteiger charge is 2.30. The van der Waals surface area contributed by atoms with Crippen molar-refractivity contribution in [3.05, 3.63) is 71.5 Å². The van der Waals surface area contributed by atoms with Crippen LogP contribution in [0.1, 0.15) is 34.3 Å². The normalized spacial score (nSPS) is 16.7. The van der Waals surface area contributed by atoms with Gasteiger partial charge in [0.05, 0.1) is 34.2 Å². The van der Waals surface area contributed by atoms with E-state index in [9.17, 15) is 4.79 Å².